The lowest BCUT2D eigenvalue weighted by Gasteiger charge is -2.11. The fraction of sp³-hybridized carbons (Fsp3) is 0.300. The molecule has 0 bridgehead atoms. The summed E-state index contributed by atoms with van der Waals surface area (Å²) in [5, 5.41) is 24.4. The van der Waals surface area contributed by atoms with Crippen LogP contribution in [0.4, 0.5) is 15.0 Å². The van der Waals surface area contributed by atoms with Gasteiger partial charge >= 0.3 is 6.03 Å². The van der Waals surface area contributed by atoms with E-state index in [0.717, 1.165) is 0 Å². The lowest BCUT2D eigenvalue weighted by atomic mass is 9.99. The van der Waals surface area contributed by atoms with Gasteiger partial charge in [-0.15, -0.1) is 0 Å². The second kappa shape index (κ2) is 8.05. The maximum absolute atomic E-state index is 14.3. The molecule has 144 valence electrons. The maximum Gasteiger partial charge on any atom is 0.320 e. The summed E-state index contributed by atoms with van der Waals surface area (Å²) in [6.45, 7) is 1.85. The first kappa shape index (κ1) is 19.3. The first-order chi connectivity index (χ1) is 13.4. The van der Waals surface area contributed by atoms with Crippen LogP contribution in [0, 0.1) is 17.1 Å². The molecule has 3 rings (SSSR count). The number of phenolic OH excluding ortho intramolecular Hbond substituents is 1. The molecule has 28 heavy (non-hydrogen) atoms. The molecule has 2 aromatic rings. The van der Waals surface area contributed by atoms with E-state index in [-0.39, 0.29) is 40.9 Å². The Bertz CT molecular complexity index is 953. The minimum Gasteiger partial charge on any atom is -0.507 e. The van der Waals surface area contributed by atoms with Gasteiger partial charge in [0.2, 0.25) is 0 Å². The highest BCUT2D eigenvalue weighted by Gasteiger charge is 2.43. The van der Waals surface area contributed by atoms with E-state index in [9.17, 15) is 19.1 Å². The van der Waals surface area contributed by atoms with Crippen molar-refractivity contribution >= 4 is 17.6 Å². The van der Waals surface area contributed by atoms with E-state index in [1.54, 1.807) is 0 Å². The Morgan fingerprint density at radius 3 is 2.79 bits per heavy atom. The number of Topliss-reactive ketones (excluding diaryl/α,β-unsaturated/α-hetero) is 1. The predicted octanol–water partition coefficient (Wildman–Crippen LogP) is 3.46. The number of benzene rings is 1. The highest BCUT2D eigenvalue weighted by Crippen LogP contribution is 2.47. The Morgan fingerprint density at radius 1 is 1.36 bits per heavy atom. The summed E-state index contributed by atoms with van der Waals surface area (Å²) in [7, 11) is 0. The van der Waals surface area contributed by atoms with Crippen molar-refractivity contribution in [3.63, 3.8) is 0 Å². The molecule has 8 heteroatoms. The third kappa shape index (κ3) is 4.09. The van der Waals surface area contributed by atoms with Gasteiger partial charge in [0.1, 0.15) is 23.5 Å². The second-order valence-electron chi connectivity index (χ2n) is 6.62. The SMILES string of the molecule is CCCC(=O)c1ccc(F)c([C@@H]2C[C@@H]2NC(=O)Nc2ccc(C#N)cn2)c1O. The van der Waals surface area contributed by atoms with Crippen LogP contribution in [0.2, 0.25) is 0 Å². The Hall–Kier alpha value is -3.47. The molecule has 1 aliphatic carbocycles. The molecular weight excluding hydrogens is 363 g/mol. The molecule has 0 radical (unpaired) electrons. The van der Waals surface area contributed by atoms with Crippen molar-refractivity contribution in [2.45, 2.75) is 38.1 Å². The number of aromatic hydroxyl groups is 1. The summed E-state index contributed by atoms with van der Waals surface area (Å²) in [4.78, 5) is 28.1. The zero-order valence-electron chi connectivity index (χ0n) is 15.2. The van der Waals surface area contributed by atoms with Gasteiger partial charge in [-0.2, -0.15) is 5.26 Å². The smallest absolute Gasteiger partial charge is 0.320 e. The Balaban J connectivity index is 1.66. The minimum atomic E-state index is -0.603. The number of phenols is 1. The van der Waals surface area contributed by atoms with Crippen molar-refractivity contribution in [2.24, 2.45) is 0 Å². The molecule has 1 aliphatic rings. The second-order valence-corrected chi connectivity index (χ2v) is 6.62. The molecule has 2 amide bonds. The number of amides is 2. The van der Waals surface area contributed by atoms with E-state index < -0.39 is 17.8 Å². The number of aromatic nitrogens is 1. The molecule has 1 heterocycles. The molecular formula is C20H19FN4O3. The number of hydrogen-bond donors (Lipinski definition) is 3. The third-order valence-electron chi connectivity index (χ3n) is 4.55. The van der Waals surface area contributed by atoms with Crippen LogP contribution in [0.5, 0.6) is 5.75 Å². The van der Waals surface area contributed by atoms with E-state index >= 15 is 0 Å². The molecule has 1 aromatic carbocycles. The zero-order valence-corrected chi connectivity index (χ0v) is 15.2. The first-order valence-electron chi connectivity index (χ1n) is 8.92. The summed E-state index contributed by atoms with van der Waals surface area (Å²) in [6.07, 6.45) is 2.68. The summed E-state index contributed by atoms with van der Waals surface area (Å²) in [5.74, 6) is -1.32. The van der Waals surface area contributed by atoms with Gasteiger partial charge in [0.05, 0.1) is 11.1 Å². The lowest BCUT2D eigenvalue weighted by Crippen LogP contribution is -2.31. The number of nitrogens with one attached hydrogen (secondary N) is 2. The molecule has 2 atom stereocenters. The number of hydrogen-bond acceptors (Lipinski definition) is 5. The average Bonchev–Trinajstić information content (AvgIpc) is 3.40. The monoisotopic (exact) mass is 382 g/mol. The molecule has 1 saturated carbocycles. The number of halogens is 1. The normalized spacial score (nSPS) is 17.5. The van der Waals surface area contributed by atoms with E-state index in [4.69, 9.17) is 5.26 Å². The maximum atomic E-state index is 14.3. The van der Waals surface area contributed by atoms with Crippen molar-refractivity contribution in [1.82, 2.24) is 10.3 Å². The largest absolute Gasteiger partial charge is 0.507 e. The number of carbonyl (C=O) groups is 2. The van der Waals surface area contributed by atoms with Gasteiger partial charge < -0.3 is 10.4 Å². The lowest BCUT2D eigenvalue weighted by molar-refractivity contribution is 0.0979. The molecule has 1 aromatic heterocycles. The number of ketones is 1. The van der Waals surface area contributed by atoms with E-state index in [1.165, 1.54) is 30.5 Å². The van der Waals surface area contributed by atoms with Crippen LogP contribution in [0.3, 0.4) is 0 Å². The number of nitriles is 1. The van der Waals surface area contributed by atoms with Crippen molar-refractivity contribution < 1.29 is 19.1 Å². The van der Waals surface area contributed by atoms with Gasteiger partial charge in [0, 0.05) is 30.1 Å². The molecule has 0 saturated heterocycles. The van der Waals surface area contributed by atoms with Crippen LogP contribution in [0.1, 0.15) is 53.6 Å². The van der Waals surface area contributed by atoms with Crippen molar-refractivity contribution in [1.29, 1.82) is 5.26 Å². The topological polar surface area (TPSA) is 115 Å². The Morgan fingerprint density at radius 2 is 2.14 bits per heavy atom. The summed E-state index contributed by atoms with van der Waals surface area (Å²) < 4.78 is 14.3. The standard InChI is InChI=1S/C20H19FN4O3/c1-2-3-16(26)12-5-6-14(21)18(19(12)27)13-8-15(13)24-20(28)25-17-7-4-11(9-22)10-23-17/h4-7,10,13,15,27H,2-3,8H2,1H3,(H2,23,24,25,28)/t13-,15+/m1/s1. The van der Waals surface area contributed by atoms with E-state index in [2.05, 4.69) is 15.6 Å². The first-order valence-corrected chi connectivity index (χ1v) is 8.92. The van der Waals surface area contributed by atoms with Gasteiger partial charge in [-0.25, -0.2) is 14.2 Å². The van der Waals surface area contributed by atoms with Crippen LogP contribution >= 0.6 is 0 Å². The number of rotatable bonds is 6. The molecule has 0 spiro atoms. The highest BCUT2D eigenvalue weighted by atomic mass is 19.1. The van der Waals surface area contributed by atoms with Gasteiger partial charge in [0.15, 0.2) is 5.78 Å². The average molecular weight is 382 g/mol. The van der Waals surface area contributed by atoms with Crippen LogP contribution < -0.4 is 10.6 Å². The fourth-order valence-electron chi connectivity index (χ4n) is 3.05. The molecule has 0 aliphatic heterocycles. The molecule has 0 unspecified atom stereocenters. The summed E-state index contributed by atoms with van der Waals surface area (Å²) >= 11 is 0. The van der Waals surface area contributed by atoms with E-state index in [1.807, 2.05) is 13.0 Å². The zero-order chi connectivity index (χ0) is 20.3. The van der Waals surface area contributed by atoms with Crippen molar-refractivity contribution in [3.05, 3.63) is 53.0 Å². The van der Waals surface area contributed by atoms with Crippen LogP contribution in [-0.4, -0.2) is 27.9 Å². The fourth-order valence-corrected chi connectivity index (χ4v) is 3.05. The summed E-state index contributed by atoms with van der Waals surface area (Å²) in [6, 6.07) is 6.53. The number of anilines is 1. The Kier molecular flexibility index (Phi) is 5.54. The minimum absolute atomic E-state index is 0.0590. The number of urea groups is 1. The quantitative estimate of drug-likeness (QED) is 0.662. The Labute approximate surface area is 161 Å². The molecule has 3 N–H and O–H groups in total. The third-order valence-corrected chi connectivity index (χ3v) is 4.55. The molecule has 1 fully saturated rings. The van der Waals surface area contributed by atoms with Crippen LogP contribution in [0.25, 0.3) is 0 Å². The summed E-state index contributed by atoms with van der Waals surface area (Å²) in [5.41, 5.74) is 0.538. The van der Waals surface area contributed by atoms with Crippen molar-refractivity contribution in [3.8, 4) is 11.8 Å². The van der Waals surface area contributed by atoms with Crippen LogP contribution in [-0.2, 0) is 0 Å². The van der Waals surface area contributed by atoms with Gasteiger partial charge in [0.25, 0.3) is 0 Å². The van der Waals surface area contributed by atoms with Gasteiger partial charge in [-0.05, 0) is 37.1 Å². The number of pyridine rings is 1. The van der Waals surface area contributed by atoms with Gasteiger partial charge in [-0.1, -0.05) is 6.92 Å². The molecule has 7 nitrogen and oxygen atoms in total. The number of carbonyl (C=O) groups excluding carboxylic acids is 2. The van der Waals surface area contributed by atoms with Gasteiger partial charge in [-0.3, -0.25) is 10.1 Å². The van der Waals surface area contributed by atoms with Crippen LogP contribution in [0.15, 0.2) is 30.5 Å². The highest BCUT2D eigenvalue weighted by molar-refractivity contribution is 5.99. The number of nitrogens with zero attached hydrogens (tertiary/aromatic N) is 2. The predicted molar refractivity (Wildman–Crippen MR) is 99.6 cm³/mol. The van der Waals surface area contributed by atoms with Crippen molar-refractivity contribution in [2.75, 3.05) is 5.32 Å². The van der Waals surface area contributed by atoms with E-state index in [0.29, 0.717) is 18.4 Å².